The molecule has 20 heavy (non-hydrogen) atoms. The molecule has 0 spiro atoms. The van der Waals surface area contributed by atoms with Gasteiger partial charge in [-0.05, 0) is 24.8 Å². The molecule has 2 rings (SSSR count). The Morgan fingerprint density at radius 3 is 2.85 bits per heavy atom. The lowest BCUT2D eigenvalue weighted by Crippen LogP contribution is -2.48. The Labute approximate surface area is 132 Å². The normalized spacial score (nSPS) is 13.3. The number of nitrogens with one attached hydrogen (secondary N) is 1. The van der Waals surface area contributed by atoms with Crippen molar-refractivity contribution in [3.05, 3.63) is 16.8 Å². The molecule has 1 amide bonds. The molecule has 3 N–H and O–H groups in total. The summed E-state index contributed by atoms with van der Waals surface area (Å²) in [6.45, 7) is 3.73. The average molecular weight is 333 g/mol. The standard InChI is InChI=1S/C12H16N4OS2.ClH/c1-3-5-12(2,13)10(17)14-11-16-15-9(19-11)8-4-6-18-7-8;/h4,6-7H,3,5,13H2,1-2H3,(H,14,16,17);1H. The van der Waals surface area contributed by atoms with Gasteiger partial charge in [-0.25, -0.2) is 0 Å². The molecule has 0 radical (unpaired) electrons. The Kier molecular flexibility index (Phi) is 6.07. The summed E-state index contributed by atoms with van der Waals surface area (Å²) in [7, 11) is 0. The van der Waals surface area contributed by atoms with Crippen LogP contribution in [0, 0.1) is 0 Å². The molecule has 0 aromatic carbocycles. The molecule has 2 heterocycles. The fourth-order valence-electron chi connectivity index (χ4n) is 1.65. The van der Waals surface area contributed by atoms with E-state index in [1.165, 1.54) is 11.3 Å². The van der Waals surface area contributed by atoms with Crippen LogP contribution in [-0.4, -0.2) is 21.6 Å². The predicted octanol–water partition coefficient (Wildman–Crippen LogP) is 3.14. The minimum atomic E-state index is -0.872. The van der Waals surface area contributed by atoms with Gasteiger partial charge in [0.2, 0.25) is 11.0 Å². The Balaban J connectivity index is 0.00000200. The van der Waals surface area contributed by atoms with Crippen LogP contribution in [0.2, 0.25) is 0 Å². The van der Waals surface area contributed by atoms with Crippen molar-refractivity contribution < 1.29 is 4.79 Å². The average Bonchev–Trinajstić information content (AvgIpc) is 2.97. The molecule has 0 aliphatic rings. The fourth-order valence-corrected chi connectivity index (χ4v) is 3.10. The van der Waals surface area contributed by atoms with Crippen molar-refractivity contribution in [2.45, 2.75) is 32.2 Å². The molecule has 0 fully saturated rings. The molecular formula is C12H17ClN4OS2. The number of carbonyl (C=O) groups is 1. The third-order valence-electron chi connectivity index (χ3n) is 2.70. The number of thiophene rings is 1. The van der Waals surface area contributed by atoms with Crippen LogP contribution in [0.25, 0.3) is 10.6 Å². The van der Waals surface area contributed by atoms with Crippen LogP contribution < -0.4 is 11.1 Å². The maximum absolute atomic E-state index is 12.0. The summed E-state index contributed by atoms with van der Waals surface area (Å²) < 4.78 is 0. The molecule has 1 unspecified atom stereocenters. The van der Waals surface area contributed by atoms with Crippen molar-refractivity contribution in [2.24, 2.45) is 5.73 Å². The molecule has 0 saturated heterocycles. The van der Waals surface area contributed by atoms with Crippen molar-refractivity contribution >= 4 is 46.1 Å². The highest BCUT2D eigenvalue weighted by Gasteiger charge is 2.28. The maximum atomic E-state index is 12.0. The SMILES string of the molecule is CCCC(C)(N)C(=O)Nc1nnc(-c2ccsc2)s1.Cl. The topological polar surface area (TPSA) is 80.9 Å². The first kappa shape index (κ1) is 17.0. The quantitative estimate of drug-likeness (QED) is 0.881. The zero-order valence-corrected chi connectivity index (χ0v) is 13.7. The number of halogens is 1. The van der Waals surface area contributed by atoms with Gasteiger partial charge in [0.05, 0.1) is 5.54 Å². The van der Waals surface area contributed by atoms with Gasteiger partial charge in [0.1, 0.15) is 5.01 Å². The van der Waals surface area contributed by atoms with E-state index < -0.39 is 5.54 Å². The van der Waals surface area contributed by atoms with Crippen LogP contribution in [0.1, 0.15) is 26.7 Å². The van der Waals surface area contributed by atoms with Crippen LogP contribution in [0.5, 0.6) is 0 Å². The van der Waals surface area contributed by atoms with Crippen molar-refractivity contribution in [1.29, 1.82) is 0 Å². The van der Waals surface area contributed by atoms with Crippen LogP contribution in [0.3, 0.4) is 0 Å². The Morgan fingerprint density at radius 2 is 2.25 bits per heavy atom. The number of amides is 1. The van der Waals surface area contributed by atoms with E-state index >= 15 is 0 Å². The first-order chi connectivity index (χ1) is 9.03. The van der Waals surface area contributed by atoms with E-state index in [-0.39, 0.29) is 18.3 Å². The van der Waals surface area contributed by atoms with Gasteiger partial charge in [0.15, 0.2) is 0 Å². The maximum Gasteiger partial charge on any atom is 0.245 e. The number of rotatable bonds is 5. The zero-order valence-electron chi connectivity index (χ0n) is 11.3. The number of hydrogen-bond acceptors (Lipinski definition) is 6. The summed E-state index contributed by atoms with van der Waals surface area (Å²) in [5.74, 6) is -0.220. The lowest BCUT2D eigenvalue weighted by molar-refractivity contribution is -0.120. The lowest BCUT2D eigenvalue weighted by atomic mass is 9.97. The molecule has 0 aliphatic heterocycles. The fraction of sp³-hybridized carbons (Fsp3) is 0.417. The zero-order chi connectivity index (χ0) is 13.9. The minimum absolute atomic E-state index is 0. The summed E-state index contributed by atoms with van der Waals surface area (Å²) in [5, 5.41) is 16.0. The third kappa shape index (κ3) is 3.99. The Morgan fingerprint density at radius 1 is 1.50 bits per heavy atom. The molecule has 110 valence electrons. The van der Waals surface area contributed by atoms with Gasteiger partial charge in [0.25, 0.3) is 0 Å². The largest absolute Gasteiger partial charge is 0.318 e. The first-order valence-corrected chi connectivity index (χ1v) is 7.75. The number of hydrogen-bond donors (Lipinski definition) is 2. The summed E-state index contributed by atoms with van der Waals surface area (Å²) in [5.41, 5.74) is 6.11. The summed E-state index contributed by atoms with van der Waals surface area (Å²) >= 11 is 2.95. The molecule has 2 aromatic rings. The van der Waals surface area contributed by atoms with E-state index in [0.29, 0.717) is 11.6 Å². The molecule has 0 bridgehead atoms. The van der Waals surface area contributed by atoms with E-state index in [9.17, 15) is 4.79 Å². The van der Waals surface area contributed by atoms with Gasteiger partial charge in [0, 0.05) is 10.9 Å². The predicted molar refractivity (Wildman–Crippen MR) is 86.6 cm³/mol. The van der Waals surface area contributed by atoms with Crippen molar-refractivity contribution in [2.75, 3.05) is 5.32 Å². The third-order valence-corrected chi connectivity index (χ3v) is 4.27. The second kappa shape index (κ2) is 7.12. The molecule has 5 nitrogen and oxygen atoms in total. The molecule has 8 heteroatoms. The molecular weight excluding hydrogens is 316 g/mol. The number of nitrogens with two attached hydrogens (primary N) is 1. The van der Waals surface area contributed by atoms with Gasteiger partial charge >= 0.3 is 0 Å². The van der Waals surface area contributed by atoms with Gasteiger partial charge in [-0.2, -0.15) is 11.3 Å². The van der Waals surface area contributed by atoms with E-state index in [2.05, 4.69) is 15.5 Å². The summed E-state index contributed by atoms with van der Waals surface area (Å²) in [6, 6.07) is 1.97. The number of nitrogens with zero attached hydrogens (tertiary/aromatic N) is 2. The highest BCUT2D eigenvalue weighted by molar-refractivity contribution is 7.19. The molecule has 0 saturated carbocycles. The summed E-state index contributed by atoms with van der Waals surface area (Å²) in [4.78, 5) is 12.0. The monoisotopic (exact) mass is 332 g/mol. The van der Waals surface area contributed by atoms with Crippen molar-refractivity contribution in [3.8, 4) is 10.6 Å². The van der Waals surface area contributed by atoms with Crippen LogP contribution >= 0.6 is 35.1 Å². The molecule has 0 aliphatic carbocycles. The minimum Gasteiger partial charge on any atom is -0.318 e. The Bertz CT molecular complexity index is 554. The Hall–Kier alpha value is -1.02. The van der Waals surface area contributed by atoms with Gasteiger partial charge in [-0.1, -0.05) is 24.7 Å². The highest BCUT2D eigenvalue weighted by atomic mass is 35.5. The van der Waals surface area contributed by atoms with Gasteiger partial charge in [-0.15, -0.1) is 22.6 Å². The molecule has 1 atom stereocenters. The van der Waals surface area contributed by atoms with Crippen LogP contribution in [0.15, 0.2) is 16.8 Å². The van der Waals surface area contributed by atoms with E-state index in [1.54, 1.807) is 18.3 Å². The smallest absolute Gasteiger partial charge is 0.245 e. The number of aromatic nitrogens is 2. The number of anilines is 1. The highest BCUT2D eigenvalue weighted by Crippen LogP contribution is 2.28. The van der Waals surface area contributed by atoms with E-state index in [4.69, 9.17) is 5.73 Å². The van der Waals surface area contributed by atoms with E-state index in [0.717, 1.165) is 17.0 Å². The van der Waals surface area contributed by atoms with Crippen LogP contribution in [-0.2, 0) is 4.79 Å². The molecule has 2 aromatic heterocycles. The second-order valence-electron chi connectivity index (χ2n) is 4.55. The van der Waals surface area contributed by atoms with Crippen LogP contribution in [0.4, 0.5) is 5.13 Å². The van der Waals surface area contributed by atoms with E-state index in [1.807, 2.05) is 23.8 Å². The van der Waals surface area contributed by atoms with Gasteiger partial charge in [-0.3, -0.25) is 10.1 Å². The second-order valence-corrected chi connectivity index (χ2v) is 6.30. The lowest BCUT2D eigenvalue weighted by Gasteiger charge is -2.21. The van der Waals surface area contributed by atoms with Gasteiger partial charge < -0.3 is 5.73 Å². The summed E-state index contributed by atoms with van der Waals surface area (Å²) in [6.07, 6.45) is 1.49. The number of carbonyl (C=O) groups excluding carboxylic acids is 1. The van der Waals surface area contributed by atoms with Crippen molar-refractivity contribution in [3.63, 3.8) is 0 Å². The van der Waals surface area contributed by atoms with Crippen molar-refractivity contribution in [1.82, 2.24) is 10.2 Å². The first-order valence-electron chi connectivity index (χ1n) is 5.99.